The summed E-state index contributed by atoms with van der Waals surface area (Å²) in [6.07, 6.45) is 0. The van der Waals surface area contributed by atoms with Gasteiger partial charge in [0, 0.05) is 6.54 Å². The van der Waals surface area contributed by atoms with Gasteiger partial charge in [-0.05, 0) is 41.5 Å². The lowest BCUT2D eigenvalue weighted by Gasteiger charge is -2.09. The summed E-state index contributed by atoms with van der Waals surface area (Å²) in [4.78, 5) is 22.3. The molecular formula is C16H17NO4. The number of ether oxygens (including phenoxy) is 1. The van der Waals surface area contributed by atoms with Crippen LogP contribution in [0.1, 0.15) is 12.5 Å². The number of carbonyl (C=O) groups is 2. The van der Waals surface area contributed by atoms with E-state index in [0.29, 0.717) is 6.54 Å². The number of aliphatic carboxylic acids is 1. The molecule has 1 amide bonds. The number of hydrogen-bond acceptors (Lipinski definition) is 3. The van der Waals surface area contributed by atoms with Crippen LogP contribution in [0.15, 0.2) is 36.4 Å². The Hall–Kier alpha value is -2.56. The maximum atomic E-state index is 11.6. The van der Waals surface area contributed by atoms with Crippen LogP contribution in [0.5, 0.6) is 5.75 Å². The molecule has 1 unspecified atom stereocenters. The lowest BCUT2D eigenvalue weighted by atomic mass is 10.1. The first-order chi connectivity index (χ1) is 10.0. The van der Waals surface area contributed by atoms with E-state index in [4.69, 9.17) is 9.84 Å². The zero-order valence-corrected chi connectivity index (χ0v) is 11.9. The second-order valence-corrected chi connectivity index (χ2v) is 4.83. The molecule has 5 heteroatoms. The van der Waals surface area contributed by atoms with E-state index in [-0.39, 0.29) is 0 Å². The summed E-state index contributed by atoms with van der Waals surface area (Å²) in [5, 5.41) is 13.5. The predicted octanol–water partition coefficient (Wildman–Crippen LogP) is 2.19. The van der Waals surface area contributed by atoms with Crippen molar-refractivity contribution in [2.75, 3.05) is 7.11 Å². The van der Waals surface area contributed by atoms with Crippen LogP contribution in [0, 0.1) is 5.92 Å². The Morgan fingerprint density at radius 1 is 1.19 bits per heavy atom. The van der Waals surface area contributed by atoms with Crippen LogP contribution in [0.2, 0.25) is 0 Å². The SMILES string of the molecule is COc1ccc2cc(CNC(=O)C(C)C(=O)O)ccc2c1. The molecule has 2 aromatic rings. The summed E-state index contributed by atoms with van der Waals surface area (Å²) in [7, 11) is 1.62. The molecule has 0 heterocycles. The highest BCUT2D eigenvalue weighted by atomic mass is 16.5. The highest BCUT2D eigenvalue weighted by Gasteiger charge is 2.19. The monoisotopic (exact) mass is 287 g/mol. The van der Waals surface area contributed by atoms with Gasteiger partial charge >= 0.3 is 5.97 Å². The van der Waals surface area contributed by atoms with Crippen molar-refractivity contribution in [1.82, 2.24) is 5.32 Å². The number of carbonyl (C=O) groups excluding carboxylic acids is 1. The van der Waals surface area contributed by atoms with Crippen LogP contribution < -0.4 is 10.1 Å². The van der Waals surface area contributed by atoms with Gasteiger partial charge < -0.3 is 15.2 Å². The molecule has 2 rings (SSSR count). The van der Waals surface area contributed by atoms with E-state index < -0.39 is 17.8 Å². The fourth-order valence-electron chi connectivity index (χ4n) is 1.96. The molecule has 0 aromatic heterocycles. The first kappa shape index (κ1) is 14.8. The van der Waals surface area contributed by atoms with Gasteiger partial charge in [-0.15, -0.1) is 0 Å². The van der Waals surface area contributed by atoms with Crippen LogP contribution in [0.25, 0.3) is 10.8 Å². The lowest BCUT2D eigenvalue weighted by Crippen LogP contribution is -2.33. The lowest BCUT2D eigenvalue weighted by molar-refractivity contribution is -0.146. The summed E-state index contributed by atoms with van der Waals surface area (Å²) >= 11 is 0. The number of hydrogen-bond donors (Lipinski definition) is 2. The topological polar surface area (TPSA) is 75.6 Å². The van der Waals surface area contributed by atoms with E-state index >= 15 is 0 Å². The van der Waals surface area contributed by atoms with Gasteiger partial charge in [-0.2, -0.15) is 0 Å². The van der Waals surface area contributed by atoms with Gasteiger partial charge in [-0.25, -0.2) is 0 Å². The average molecular weight is 287 g/mol. The molecule has 0 saturated carbocycles. The standard InChI is InChI=1S/C16H17NO4/c1-10(16(19)20)15(18)17-9-11-3-4-13-8-14(21-2)6-5-12(13)7-11/h3-8,10H,9H2,1-2H3,(H,17,18)(H,19,20). The molecule has 0 radical (unpaired) electrons. The molecule has 0 saturated heterocycles. The Kier molecular flexibility index (Phi) is 4.42. The molecular weight excluding hydrogens is 270 g/mol. The van der Waals surface area contributed by atoms with Gasteiger partial charge in [-0.3, -0.25) is 9.59 Å². The Balaban J connectivity index is 2.09. The number of amides is 1. The minimum Gasteiger partial charge on any atom is -0.497 e. The second-order valence-electron chi connectivity index (χ2n) is 4.83. The largest absolute Gasteiger partial charge is 0.497 e. The van der Waals surface area contributed by atoms with Gasteiger partial charge in [0.15, 0.2) is 0 Å². The predicted molar refractivity (Wildman–Crippen MR) is 79.1 cm³/mol. The zero-order valence-electron chi connectivity index (χ0n) is 11.9. The summed E-state index contributed by atoms with van der Waals surface area (Å²) in [6, 6.07) is 11.6. The maximum absolute atomic E-state index is 11.6. The van der Waals surface area contributed by atoms with E-state index in [1.165, 1.54) is 6.92 Å². The molecule has 21 heavy (non-hydrogen) atoms. The average Bonchev–Trinajstić information content (AvgIpc) is 2.50. The highest BCUT2D eigenvalue weighted by Crippen LogP contribution is 2.21. The van der Waals surface area contributed by atoms with Gasteiger partial charge in [0.25, 0.3) is 0 Å². The molecule has 1 atom stereocenters. The van der Waals surface area contributed by atoms with Crippen LogP contribution in [-0.2, 0) is 16.1 Å². The summed E-state index contributed by atoms with van der Waals surface area (Å²) in [5.41, 5.74) is 0.915. The smallest absolute Gasteiger partial charge is 0.315 e. The molecule has 2 aromatic carbocycles. The van der Waals surface area contributed by atoms with E-state index in [2.05, 4.69) is 5.32 Å². The third-order valence-corrected chi connectivity index (χ3v) is 3.34. The van der Waals surface area contributed by atoms with Crippen molar-refractivity contribution >= 4 is 22.6 Å². The van der Waals surface area contributed by atoms with Crippen LogP contribution in [0.3, 0.4) is 0 Å². The first-order valence-electron chi connectivity index (χ1n) is 6.58. The Morgan fingerprint density at radius 2 is 1.86 bits per heavy atom. The van der Waals surface area contributed by atoms with Crippen LogP contribution >= 0.6 is 0 Å². The van der Waals surface area contributed by atoms with Gasteiger partial charge in [-0.1, -0.05) is 18.2 Å². The molecule has 110 valence electrons. The molecule has 0 aliphatic carbocycles. The van der Waals surface area contributed by atoms with Crippen molar-refractivity contribution in [3.8, 4) is 5.75 Å². The van der Waals surface area contributed by atoms with Gasteiger partial charge in [0.2, 0.25) is 5.91 Å². The molecule has 2 N–H and O–H groups in total. The Labute approximate surface area is 122 Å². The summed E-state index contributed by atoms with van der Waals surface area (Å²) < 4.78 is 5.17. The Morgan fingerprint density at radius 3 is 2.52 bits per heavy atom. The Bertz CT molecular complexity index is 681. The van der Waals surface area contributed by atoms with Gasteiger partial charge in [0.1, 0.15) is 11.7 Å². The van der Waals surface area contributed by atoms with E-state index in [9.17, 15) is 9.59 Å². The van der Waals surface area contributed by atoms with E-state index in [1.807, 2.05) is 36.4 Å². The summed E-state index contributed by atoms with van der Waals surface area (Å²) in [6.45, 7) is 1.67. The molecule has 0 spiro atoms. The van der Waals surface area contributed by atoms with Crippen molar-refractivity contribution in [3.63, 3.8) is 0 Å². The van der Waals surface area contributed by atoms with Crippen LogP contribution in [-0.4, -0.2) is 24.1 Å². The second kappa shape index (κ2) is 6.26. The first-order valence-corrected chi connectivity index (χ1v) is 6.58. The fourth-order valence-corrected chi connectivity index (χ4v) is 1.96. The number of nitrogens with one attached hydrogen (secondary N) is 1. The number of benzene rings is 2. The number of carboxylic acids is 1. The third-order valence-electron chi connectivity index (χ3n) is 3.34. The molecule has 0 aliphatic rings. The summed E-state index contributed by atoms with van der Waals surface area (Å²) in [5.74, 6) is -1.87. The number of rotatable bonds is 5. The van der Waals surface area contributed by atoms with Crippen molar-refractivity contribution in [2.45, 2.75) is 13.5 Å². The fraction of sp³-hybridized carbons (Fsp3) is 0.250. The number of carboxylic acid groups (broad SMARTS) is 1. The molecule has 0 aliphatic heterocycles. The van der Waals surface area contributed by atoms with Crippen molar-refractivity contribution < 1.29 is 19.4 Å². The van der Waals surface area contributed by atoms with Crippen molar-refractivity contribution in [1.29, 1.82) is 0 Å². The minimum atomic E-state index is -1.13. The maximum Gasteiger partial charge on any atom is 0.315 e. The van der Waals surface area contributed by atoms with Crippen LogP contribution in [0.4, 0.5) is 0 Å². The highest BCUT2D eigenvalue weighted by molar-refractivity contribution is 5.96. The molecule has 0 fully saturated rings. The third kappa shape index (κ3) is 3.51. The minimum absolute atomic E-state index is 0.304. The van der Waals surface area contributed by atoms with Crippen molar-refractivity contribution in [3.05, 3.63) is 42.0 Å². The molecule has 0 bridgehead atoms. The number of fused-ring (bicyclic) bond motifs is 1. The quantitative estimate of drug-likeness (QED) is 0.826. The molecule has 5 nitrogen and oxygen atoms in total. The zero-order chi connectivity index (χ0) is 15.4. The van der Waals surface area contributed by atoms with E-state index in [0.717, 1.165) is 22.1 Å². The van der Waals surface area contributed by atoms with E-state index in [1.54, 1.807) is 7.11 Å². The van der Waals surface area contributed by atoms with Gasteiger partial charge in [0.05, 0.1) is 7.11 Å². The number of methoxy groups -OCH3 is 1. The van der Waals surface area contributed by atoms with Crippen molar-refractivity contribution in [2.24, 2.45) is 5.92 Å². The normalized spacial score (nSPS) is 11.9.